The molecule has 0 bridgehead atoms. The highest BCUT2D eigenvalue weighted by atomic mass is 16.6. The van der Waals surface area contributed by atoms with Crippen LogP contribution >= 0.6 is 0 Å². The molecule has 0 saturated carbocycles. The number of alkyl carbamates (subject to hydrolysis) is 1. The first-order valence-corrected chi connectivity index (χ1v) is 13.9. The number of β-lactam (4-membered cyclic amide) rings is 1. The third kappa shape index (κ3) is 5.58. The van der Waals surface area contributed by atoms with Gasteiger partial charge in [0.25, 0.3) is 11.8 Å². The van der Waals surface area contributed by atoms with E-state index >= 15 is 0 Å². The number of likely N-dealkylation sites (tertiary alicyclic amines) is 2. The second kappa shape index (κ2) is 12.4. The van der Waals surface area contributed by atoms with Gasteiger partial charge in [-0.3, -0.25) is 19.4 Å². The standard InChI is InChI=1S/C32H33N3O7/c1-22(36)26(33-30(39)41-20-23-12-5-2-6-13-23)28(37)35-27(25-16-9-4-10-17-25)32(29(35)38)18-11-19-34(32)31(40)42-21-24-14-7-3-8-15-24/h2-10,12-17,22,26-27,36H,11,18-21H2,1H3,(H,33,39). The highest BCUT2D eigenvalue weighted by Crippen LogP contribution is 2.53. The van der Waals surface area contributed by atoms with Crippen molar-refractivity contribution in [1.29, 1.82) is 0 Å². The Morgan fingerprint density at radius 2 is 1.45 bits per heavy atom. The number of imide groups is 1. The number of aliphatic hydroxyl groups is 1. The van der Waals surface area contributed by atoms with Crippen LogP contribution in [-0.4, -0.2) is 63.1 Å². The molecule has 3 aromatic rings. The summed E-state index contributed by atoms with van der Waals surface area (Å²) in [6.45, 7) is 1.64. The molecule has 4 unspecified atom stereocenters. The molecule has 10 nitrogen and oxygen atoms in total. The number of hydrogen-bond donors (Lipinski definition) is 2. The lowest BCUT2D eigenvalue weighted by molar-refractivity contribution is -0.181. The molecule has 218 valence electrons. The van der Waals surface area contributed by atoms with Crippen LogP contribution in [0.15, 0.2) is 91.0 Å². The van der Waals surface area contributed by atoms with Crippen LogP contribution in [-0.2, 0) is 32.3 Å². The van der Waals surface area contributed by atoms with Gasteiger partial charge in [0.05, 0.1) is 12.1 Å². The zero-order valence-corrected chi connectivity index (χ0v) is 23.2. The Morgan fingerprint density at radius 3 is 2.02 bits per heavy atom. The minimum atomic E-state index is -1.46. The van der Waals surface area contributed by atoms with Crippen molar-refractivity contribution in [2.45, 2.75) is 56.7 Å². The van der Waals surface area contributed by atoms with Crippen LogP contribution in [0.3, 0.4) is 0 Å². The van der Waals surface area contributed by atoms with E-state index in [4.69, 9.17) is 9.47 Å². The van der Waals surface area contributed by atoms with Gasteiger partial charge < -0.3 is 19.9 Å². The second-order valence-electron chi connectivity index (χ2n) is 10.5. The number of aliphatic hydroxyl groups excluding tert-OH is 1. The minimum Gasteiger partial charge on any atom is -0.445 e. The van der Waals surface area contributed by atoms with Gasteiger partial charge in [0.1, 0.15) is 19.3 Å². The molecule has 2 N–H and O–H groups in total. The molecule has 1 spiro atoms. The van der Waals surface area contributed by atoms with E-state index in [1.807, 2.05) is 42.5 Å². The van der Waals surface area contributed by atoms with Crippen molar-refractivity contribution < 1.29 is 33.8 Å². The molecule has 10 heteroatoms. The summed E-state index contributed by atoms with van der Waals surface area (Å²) < 4.78 is 10.8. The van der Waals surface area contributed by atoms with Crippen molar-refractivity contribution in [2.75, 3.05) is 6.54 Å². The molecule has 3 aromatic carbocycles. The van der Waals surface area contributed by atoms with E-state index in [-0.39, 0.29) is 19.8 Å². The zero-order chi connectivity index (χ0) is 29.7. The lowest BCUT2D eigenvalue weighted by Gasteiger charge is -2.57. The number of benzene rings is 3. The van der Waals surface area contributed by atoms with E-state index in [0.717, 1.165) is 16.0 Å². The van der Waals surface area contributed by atoms with Crippen molar-refractivity contribution in [2.24, 2.45) is 0 Å². The normalized spacial score (nSPS) is 20.9. The minimum absolute atomic E-state index is 0.0359. The molecule has 0 aromatic heterocycles. The summed E-state index contributed by atoms with van der Waals surface area (Å²) in [5, 5.41) is 12.9. The van der Waals surface area contributed by atoms with Gasteiger partial charge in [-0.15, -0.1) is 0 Å². The average Bonchev–Trinajstić information content (AvgIpc) is 3.49. The molecule has 2 saturated heterocycles. The Morgan fingerprint density at radius 1 is 0.905 bits per heavy atom. The molecule has 5 rings (SSSR count). The number of nitrogens with zero attached hydrogens (tertiary/aromatic N) is 2. The molecule has 2 heterocycles. The fourth-order valence-corrected chi connectivity index (χ4v) is 5.71. The first-order valence-electron chi connectivity index (χ1n) is 13.9. The number of carbonyl (C=O) groups is 4. The monoisotopic (exact) mass is 571 g/mol. The Bertz CT molecular complexity index is 1410. The van der Waals surface area contributed by atoms with Crippen molar-refractivity contribution in [1.82, 2.24) is 15.1 Å². The molecule has 4 atom stereocenters. The van der Waals surface area contributed by atoms with Crippen LogP contribution in [0, 0.1) is 0 Å². The molecule has 4 amide bonds. The number of rotatable bonds is 8. The van der Waals surface area contributed by atoms with Crippen molar-refractivity contribution in [3.8, 4) is 0 Å². The molecule has 0 aliphatic carbocycles. The van der Waals surface area contributed by atoms with Crippen LogP contribution in [0.2, 0.25) is 0 Å². The van der Waals surface area contributed by atoms with Gasteiger partial charge in [-0.05, 0) is 36.5 Å². The molecule has 0 radical (unpaired) electrons. The van der Waals surface area contributed by atoms with E-state index in [1.54, 1.807) is 48.5 Å². The smallest absolute Gasteiger partial charge is 0.411 e. The summed E-state index contributed by atoms with van der Waals surface area (Å²) in [6, 6.07) is 24.9. The Labute approximate surface area is 243 Å². The third-order valence-corrected chi connectivity index (χ3v) is 7.73. The summed E-state index contributed by atoms with van der Waals surface area (Å²) in [5.41, 5.74) is 0.865. The fraction of sp³-hybridized carbons (Fsp3) is 0.312. The molecule has 2 aliphatic heterocycles. The van der Waals surface area contributed by atoms with Crippen molar-refractivity contribution in [3.05, 3.63) is 108 Å². The maximum absolute atomic E-state index is 14.0. The largest absolute Gasteiger partial charge is 0.445 e. The fourth-order valence-electron chi connectivity index (χ4n) is 5.71. The van der Waals surface area contributed by atoms with E-state index < -0.39 is 47.7 Å². The topological polar surface area (TPSA) is 125 Å². The average molecular weight is 572 g/mol. The van der Waals surface area contributed by atoms with E-state index in [1.165, 1.54) is 11.8 Å². The first-order chi connectivity index (χ1) is 20.3. The lowest BCUT2D eigenvalue weighted by atomic mass is 9.72. The van der Waals surface area contributed by atoms with E-state index in [9.17, 15) is 24.3 Å². The predicted molar refractivity (Wildman–Crippen MR) is 152 cm³/mol. The maximum Gasteiger partial charge on any atom is 0.411 e. The van der Waals surface area contributed by atoms with Crippen LogP contribution in [0.25, 0.3) is 0 Å². The van der Waals surface area contributed by atoms with E-state index in [0.29, 0.717) is 18.4 Å². The summed E-state index contributed by atoms with van der Waals surface area (Å²) in [5.74, 6) is -1.38. The molecular formula is C32H33N3O7. The summed E-state index contributed by atoms with van der Waals surface area (Å²) in [7, 11) is 0. The lowest BCUT2D eigenvalue weighted by Crippen LogP contribution is -2.77. The van der Waals surface area contributed by atoms with Crippen LogP contribution in [0.4, 0.5) is 9.59 Å². The van der Waals surface area contributed by atoms with Gasteiger partial charge in [-0.1, -0.05) is 91.0 Å². The first kappa shape index (κ1) is 28.8. The van der Waals surface area contributed by atoms with Gasteiger partial charge in [0.2, 0.25) is 0 Å². The Balaban J connectivity index is 1.36. The van der Waals surface area contributed by atoms with Crippen molar-refractivity contribution in [3.63, 3.8) is 0 Å². The predicted octanol–water partition coefficient (Wildman–Crippen LogP) is 3.94. The molecular weight excluding hydrogens is 538 g/mol. The van der Waals surface area contributed by atoms with Crippen LogP contribution < -0.4 is 5.32 Å². The quantitative estimate of drug-likeness (QED) is 0.392. The third-order valence-electron chi connectivity index (χ3n) is 7.73. The van der Waals surface area contributed by atoms with Crippen LogP contribution in [0.1, 0.15) is 42.5 Å². The number of amides is 4. The van der Waals surface area contributed by atoms with Gasteiger partial charge in [-0.2, -0.15) is 0 Å². The SMILES string of the molecule is CC(O)C(NC(=O)OCc1ccccc1)C(=O)N1C(=O)C2(CCCN2C(=O)OCc2ccccc2)C1c1ccccc1. The Kier molecular flexibility index (Phi) is 8.53. The maximum atomic E-state index is 14.0. The molecule has 2 fully saturated rings. The summed E-state index contributed by atoms with van der Waals surface area (Å²) >= 11 is 0. The van der Waals surface area contributed by atoms with Gasteiger partial charge >= 0.3 is 12.2 Å². The van der Waals surface area contributed by atoms with Crippen LogP contribution in [0.5, 0.6) is 0 Å². The Hall–Kier alpha value is -4.70. The highest BCUT2D eigenvalue weighted by Gasteiger charge is 2.69. The van der Waals surface area contributed by atoms with E-state index in [2.05, 4.69) is 5.32 Å². The zero-order valence-electron chi connectivity index (χ0n) is 23.2. The molecule has 2 aliphatic rings. The van der Waals surface area contributed by atoms with Gasteiger partial charge in [0, 0.05) is 6.54 Å². The number of hydrogen-bond acceptors (Lipinski definition) is 7. The summed E-state index contributed by atoms with van der Waals surface area (Å²) in [4.78, 5) is 56.2. The number of nitrogens with one attached hydrogen (secondary N) is 1. The number of ether oxygens (including phenoxy) is 2. The summed E-state index contributed by atoms with van der Waals surface area (Å²) in [6.07, 6.45) is -2.02. The van der Waals surface area contributed by atoms with Gasteiger partial charge in [-0.25, -0.2) is 9.59 Å². The van der Waals surface area contributed by atoms with Crippen molar-refractivity contribution >= 4 is 24.0 Å². The highest BCUT2D eigenvalue weighted by molar-refractivity contribution is 6.10. The second-order valence-corrected chi connectivity index (χ2v) is 10.5. The molecule has 42 heavy (non-hydrogen) atoms. The number of carbonyl (C=O) groups excluding carboxylic acids is 4. The van der Waals surface area contributed by atoms with Gasteiger partial charge in [0.15, 0.2) is 5.54 Å².